The number of ether oxygens (including phenoxy) is 1. The van der Waals surface area contributed by atoms with Gasteiger partial charge in [0, 0.05) is 5.02 Å². The van der Waals surface area contributed by atoms with E-state index in [9.17, 15) is 17.6 Å². The number of amides is 1. The average Bonchev–Trinajstić information content (AvgIpc) is 2.47. The number of anilines is 1. The van der Waals surface area contributed by atoms with Crippen molar-refractivity contribution in [2.75, 3.05) is 11.3 Å². The van der Waals surface area contributed by atoms with Crippen LogP contribution in [0.5, 0.6) is 5.75 Å². The minimum atomic E-state index is -4.16. The lowest BCUT2D eigenvalue weighted by Crippen LogP contribution is -2.19. The second-order valence-electron chi connectivity index (χ2n) is 4.72. The molecular formula is C15H14ClFN2O4S. The Kier molecular flexibility index (Phi) is 5.30. The quantitative estimate of drug-likeness (QED) is 0.814. The average molecular weight is 373 g/mol. The molecule has 0 atom stereocenters. The van der Waals surface area contributed by atoms with Crippen LogP contribution in [-0.4, -0.2) is 20.9 Å². The van der Waals surface area contributed by atoms with Gasteiger partial charge >= 0.3 is 0 Å². The first kappa shape index (κ1) is 18.0. The molecule has 2 rings (SSSR count). The van der Waals surface area contributed by atoms with E-state index in [-0.39, 0.29) is 21.2 Å². The van der Waals surface area contributed by atoms with Crippen molar-refractivity contribution in [3.63, 3.8) is 0 Å². The number of halogens is 2. The molecular weight excluding hydrogens is 359 g/mol. The van der Waals surface area contributed by atoms with E-state index in [0.717, 1.165) is 18.2 Å². The molecule has 128 valence electrons. The summed E-state index contributed by atoms with van der Waals surface area (Å²) in [5.74, 6) is -1.28. The summed E-state index contributed by atoms with van der Waals surface area (Å²) < 4.78 is 45.6. The summed E-state index contributed by atoms with van der Waals surface area (Å²) in [4.78, 5) is 11.2. The maximum absolute atomic E-state index is 13.4. The summed E-state index contributed by atoms with van der Waals surface area (Å²) in [5, 5.41) is -0.0720. The Morgan fingerprint density at radius 1 is 1.29 bits per heavy atom. The van der Waals surface area contributed by atoms with Crippen LogP contribution in [0.4, 0.5) is 10.1 Å². The van der Waals surface area contributed by atoms with Gasteiger partial charge < -0.3 is 10.5 Å². The van der Waals surface area contributed by atoms with Crippen molar-refractivity contribution in [3.8, 4) is 5.75 Å². The molecule has 0 unspecified atom stereocenters. The van der Waals surface area contributed by atoms with Crippen LogP contribution in [0.15, 0.2) is 41.3 Å². The monoisotopic (exact) mass is 372 g/mol. The molecule has 6 nitrogen and oxygen atoms in total. The first-order valence-corrected chi connectivity index (χ1v) is 8.64. The predicted molar refractivity (Wildman–Crippen MR) is 88.3 cm³/mol. The Balaban J connectivity index is 2.43. The molecule has 0 aliphatic rings. The van der Waals surface area contributed by atoms with Gasteiger partial charge in [0.05, 0.1) is 22.8 Å². The third-order valence-electron chi connectivity index (χ3n) is 2.96. The van der Waals surface area contributed by atoms with E-state index in [1.54, 1.807) is 6.92 Å². The number of primary amides is 1. The highest BCUT2D eigenvalue weighted by Gasteiger charge is 2.20. The van der Waals surface area contributed by atoms with Crippen molar-refractivity contribution in [1.29, 1.82) is 0 Å². The Morgan fingerprint density at radius 2 is 2.00 bits per heavy atom. The summed E-state index contributed by atoms with van der Waals surface area (Å²) in [6, 6.07) is 7.02. The lowest BCUT2D eigenvalue weighted by molar-refractivity contribution is 0.100. The van der Waals surface area contributed by atoms with Gasteiger partial charge in [0.2, 0.25) is 0 Å². The fourth-order valence-corrected chi connectivity index (χ4v) is 3.38. The third kappa shape index (κ3) is 4.15. The number of carbonyl (C=O) groups is 1. The number of carbonyl (C=O) groups excluding carboxylic acids is 1. The topological polar surface area (TPSA) is 98.5 Å². The van der Waals surface area contributed by atoms with Crippen LogP contribution in [0.1, 0.15) is 17.3 Å². The van der Waals surface area contributed by atoms with Gasteiger partial charge in [0.15, 0.2) is 0 Å². The number of hydrogen-bond donors (Lipinski definition) is 2. The molecule has 0 heterocycles. The first-order valence-electron chi connectivity index (χ1n) is 6.78. The Morgan fingerprint density at radius 3 is 2.58 bits per heavy atom. The van der Waals surface area contributed by atoms with E-state index < -0.39 is 21.7 Å². The molecule has 9 heteroatoms. The third-order valence-corrected chi connectivity index (χ3v) is 4.52. The maximum Gasteiger partial charge on any atom is 0.262 e. The molecule has 0 aliphatic carbocycles. The van der Waals surface area contributed by atoms with Crippen LogP contribution in [0.25, 0.3) is 0 Å². The first-order chi connectivity index (χ1) is 11.2. The van der Waals surface area contributed by atoms with Gasteiger partial charge in [-0.2, -0.15) is 0 Å². The summed E-state index contributed by atoms with van der Waals surface area (Å²) in [7, 11) is -4.16. The zero-order valence-corrected chi connectivity index (χ0v) is 14.1. The molecule has 0 spiro atoms. The second-order valence-corrected chi connectivity index (χ2v) is 6.83. The largest absolute Gasteiger partial charge is 0.494 e. The van der Waals surface area contributed by atoms with Crippen LogP contribution in [-0.2, 0) is 10.0 Å². The van der Waals surface area contributed by atoms with Gasteiger partial charge in [-0.1, -0.05) is 11.6 Å². The van der Waals surface area contributed by atoms with Crippen molar-refractivity contribution >= 4 is 33.2 Å². The van der Waals surface area contributed by atoms with Gasteiger partial charge in [-0.25, -0.2) is 12.8 Å². The number of hydrogen-bond acceptors (Lipinski definition) is 4. The highest BCUT2D eigenvalue weighted by Crippen LogP contribution is 2.26. The molecule has 0 radical (unpaired) electrons. The maximum atomic E-state index is 13.4. The van der Waals surface area contributed by atoms with Gasteiger partial charge in [-0.15, -0.1) is 0 Å². The number of rotatable bonds is 6. The number of nitrogens with one attached hydrogen (secondary N) is 1. The Bertz CT molecular complexity index is 867. The zero-order chi connectivity index (χ0) is 17.9. The molecule has 0 saturated carbocycles. The van der Waals surface area contributed by atoms with E-state index in [1.165, 1.54) is 18.2 Å². The standard InChI is InChI=1S/C15H14ClFN2O4S/c1-2-23-11-3-4-14(13(8-11)15(18)20)19-24(21,22)12-6-9(16)5-10(17)7-12/h3-8,19H,2H2,1H3,(H2,18,20). The number of sulfonamides is 1. The summed E-state index contributed by atoms with van der Waals surface area (Å²) >= 11 is 5.67. The van der Waals surface area contributed by atoms with Crippen LogP contribution in [0, 0.1) is 5.82 Å². The normalized spacial score (nSPS) is 11.1. The minimum absolute atomic E-state index is 0.0497. The van der Waals surface area contributed by atoms with E-state index >= 15 is 0 Å². The molecule has 1 amide bonds. The lowest BCUT2D eigenvalue weighted by Gasteiger charge is -2.13. The molecule has 0 saturated heterocycles. The van der Waals surface area contributed by atoms with Crippen molar-refractivity contribution in [2.24, 2.45) is 5.73 Å². The number of benzene rings is 2. The summed E-state index contributed by atoms with van der Waals surface area (Å²) in [5.41, 5.74) is 5.15. The van der Waals surface area contributed by atoms with E-state index in [0.29, 0.717) is 12.4 Å². The molecule has 2 aromatic carbocycles. The van der Waals surface area contributed by atoms with Gasteiger partial charge in [0.1, 0.15) is 11.6 Å². The smallest absolute Gasteiger partial charge is 0.262 e. The highest BCUT2D eigenvalue weighted by molar-refractivity contribution is 7.92. The fraction of sp³-hybridized carbons (Fsp3) is 0.133. The number of nitrogens with two attached hydrogens (primary N) is 1. The van der Waals surface area contributed by atoms with Crippen molar-refractivity contribution in [3.05, 3.63) is 52.8 Å². The summed E-state index contributed by atoms with van der Waals surface area (Å²) in [6.07, 6.45) is 0. The minimum Gasteiger partial charge on any atom is -0.494 e. The Hall–Kier alpha value is -2.32. The van der Waals surface area contributed by atoms with E-state index in [2.05, 4.69) is 4.72 Å². The van der Waals surface area contributed by atoms with Crippen molar-refractivity contribution in [1.82, 2.24) is 0 Å². The van der Waals surface area contributed by atoms with Crippen LogP contribution >= 0.6 is 11.6 Å². The molecule has 0 bridgehead atoms. The van der Waals surface area contributed by atoms with Gasteiger partial charge in [-0.05, 0) is 43.3 Å². The molecule has 0 aromatic heterocycles. The predicted octanol–water partition coefficient (Wildman–Crippen LogP) is 2.78. The van der Waals surface area contributed by atoms with Gasteiger partial charge in [0.25, 0.3) is 15.9 Å². The van der Waals surface area contributed by atoms with Gasteiger partial charge in [-0.3, -0.25) is 9.52 Å². The Labute approximate surface area is 143 Å². The SMILES string of the molecule is CCOc1ccc(NS(=O)(=O)c2cc(F)cc(Cl)c2)c(C(N)=O)c1. The van der Waals surface area contributed by atoms with E-state index in [4.69, 9.17) is 22.1 Å². The van der Waals surface area contributed by atoms with Crippen molar-refractivity contribution in [2.45, 2.75) is 11.8 Å². The van der Waals surface area contributed by atoms with E-state index in [1.807, 2.05) is 0 Å². The fourth-order valence-electron chi connectivity index (χ4n) is 1.96. The summed E-state index contributed by atoms with van der Waals surface area (Å²) in [6.45, 7) is 2.12. The molecule has 3 N–H and O–H groups in total. The highest BCUT2D eigenvalue weighted by atomic mass is 35.5. The van der Waals surface area contributed by atoms with Crippen LogP contribution in [0.2, 0.25) is 5.02 Å². The molecule has 0 aliphatic heterocycles. The molecule has 2 aromatic rings. The molecule has 24 heavy (non-hydrogen) atoms. The molecule has 0 fully saturated rings. The van der Waals surface area contributed by atoms with Crippen LogP contribution in [0.3, 0.4) is 0 Å². The second kappa shape index (κ2) is 7.06. The zero-order valence-electron chi connectivity index (χ0n) is 12.5. The van der Waals surface area contributed by atoms with Crippen LogP contribution < -0.4 is 15.2 Å². The lowest BCUT2D eigenvalue weighted by atomic mass is 10.1. The van der Waals surface area contributed by atoms with Crippen molar-refractivity contribution < 1.29 is 22.3 Å².